The minimum atomic E-state index is -0.395. The van der Waals surface area contributed by atoms with E-state index >= 15 is 0 Å². The molecule has 146 valence electrons. The molecule has 0 aliphatic heterocycles. The fraction of sp³-hybridized carbons (Fsp3) is 0.261. The maximum Gasteiger partial charge on any atom is 0.330 e. The third kappa shape index (κ3) is 6.50. The van der Waals surface area contributed by atoms with Crippen molar-refractivity contribution in [2.24, 2.45) is 0 Å². The van der Waals surface area contributed by atoms with Crippen LogP contribution in [-0.4, -0.2) is 24.3 Å². The highest BCUT2D eigenvalue weighted by atomic mass is 16.5. The van der Waals surface area contributed by atoms with E-state index in [0.717, 1.165) is 16.7 Å². The Morgan fingerprint density at radius 3 is 2.32 bits per heavy atom. The van der Waals surface area contributed by atoms with Gasteiger partial charge in [0.2, 0.25) is 5.91 Å². The van der Waals surface area contributed by atoms with Crippen LogP contribution in [0.15, 0.2) is 48.5 Å². The highest BCUT2D eigenvalue weighted by Crippen LogP contribution is 2.14. The lowest BCUT2D eigenvalue weighted by atomic mass is 10.0. The molecule has 5 nitrogen and oxygen atoms in total. The number of esters is 1. The second-order valence-electron chi connectivity index (χ2n) is 6.48. The number of carbonyl (C=O) groups is 3. The molecule has 0 saturated heterocycles. The molecule has 0 aliphatic carbocycles. The number of nitrogens with one attached hydrogen (secondary N) is 1. The monoisotopic (exact) mass is 379 g/mol. The smallest absolute Gasteiger partial charge is 0.330 e. The summed E-state index contributed by atoms with van der Waals surface area (Å²) in [6, 6.07) is 12.6. The van der Waals surface area contributed by atoms with E-state index in [-0.39, 0.29) is 24.5 Å². The number of rotatable bonds is 8. The Kier molecular flexibility index (Phi) is 7.69. The number of hydrogen-bond acceptors (Lipinski definition) is 4. The molecule has 0 aliphatic rings. The van der Waals surface area contributed by atoms with Gasteiger partial charge in [-0.25, -0.2) is 4.79 Å². The van der Waals surface area contributed by atoms with Crippen molar-refractivity contribution in [3.8, 4) is 0 Å². The number of anilines is 1. The molecule has 1 amide bonds. The van der Waals surface area contributed by atoms with Crippen LogP contribution in [0, 0.1) is 13.8 Å². The summed E-state index contributed by atoms with van der Waals surface area (Å²) in [5.74, 6) is -0.655. The van der Waals surface area contributed by atoms with Crippen molar-refractivity contribution in [1.29, 1.82) is 0 Å². The Balaban J connectivity index is 1.84. The average Bonchev–Trinajstić information content (AvgIpc) is 2.68. The summed E-state index contributed by atoms with van der Waals surface area (Å²) < 4.78 is 4.82. The molecule has 0 fully saturated rings. The van der Waals surface area contributed by atoms with Gasteiger partial charge in [-0.3, -0.25) is 9.59 Å². The Bertz CT molecular complexity index is 882. The standard InChI is InChI=1S/C23H25NO4/c1-4-28-23(27)14-8-18-6-10-20(11-7-18)24-22(26)13-12-21(25)19-9-5-16(2)17(3)15-19/h5-11,14-15H,4,12-13H2,1-3H3,(H,24,26)/b14-8+. The van der Waals surface area contributed by atoms with Crippen LogP contribution >= 0.6 is 0 Å². The van der Waals surface area contributed by atoms with Crippen molar-refractivity contribution in [1.82, 2.24) is 0 Å². The van der Waals surface area contributed by atoms with E-state index < -0.39 is 5.97 Å². The number of ether oxygens (including phenoxy) is 1. The molecular formula is C23H25NO4. The molecule has 1 N–H and O–H groups in total. The van der Waals surface area contributed by atoms with Gasteiger partial charge in [0.15, 0.2) is 5.78 Å². The van der Waals surface area contributed by atoms with Crippen LogP contribution in [0.3, 0.4) is 0 Å². The highest BCUT2D eigenvalue weighted by molar-refractivity contribution is 6.00. The number of aryl methyl sites for hydroxylation is 2. The van der Waals surface area contributed by atoms with Crippen LogP contribution in [0.1, 0.15) is 46.8 Å². The quantitative estimate of drug-likeness (QED) is 0.417. The molecule has 0 spiro atoms. The van der Waals surface area contributed by atoms with Gasteiger partial charge in [-0.15, -0.1) is 0 Å². The first-order valence-electron chi connectivity index (χ1n) is 9.24. The zero-order valence-corrected chi connectivity index (χ0v) is 16.5. The lowest BCUT2D eigenvalue weighted by Crippen LogP contribution is -2.13. The Morgan fingerprint density at radius 1 is 0.964 bits per heavy atom. The van der Waals surface area contributed by atoms with Crippen molar-refractivity contribution < 1.29 is 19.1 Å². The maximum atomic E-state index is 12.3. The van der Waals surface area contributed by atoms with Crippen LogP contribution in [0.4, 0.5) is 5.69 Å². The predicted molar refractivity (Wildman–Crippen MR) is 110 cm³/mol. The third-order valence-electron chi connectivity index (χ3n) is 4.30. The van der Waals surface area contributed by atoms with E-state index in [9.17, 15) is 14.4 Å². The molecule has 0 unspecified atom stereocenters. The molecule has 2 aromatic carbocycles. The van der Waals surface area contributed by atoms with Crippen LogP contribution < -0.4 is 5.32 Å². The summed E-state index contributed by atoms with van der Waals surface area (Å²) in [4.78, 5) is 35.7. The normalized spacial score (nSPS) is 10.7. The topological polar surface area (TPSA) is 72.5 Å². The molecule has 0 aromatic heterocycles. The lowest BCUT2D eigenvalue weighted by Gasteiger charge is -2.07. The first kappa shape index (κ1) is 21.1. The number of ketones is 1. The van der Waals surface area contributed by atoms with Crippen molar-refractivity contribution in [3.05, 3.63) is 70.8 Å². The van der Waals surface area contributed by atoms with Gasteiger partial charge >= 0.3 is 5.97 Å². The zero-order chi connectivity index (χ0) is 20.5. The number of Topliss-reactive ketones (excluding diaryl/α,β-unsaturated/α-hetero) is 1. The molecule has 5 heteroatoms. The van der Waals surface area contributed by atoms with E-state index in [2.05, 4.69) is 5.32 Å². The van der Waals surface area contributed by atoms with Crippen LogP contribution in [0.5, 0.6) is 0 Å². The number of hydrogen-bond donors (Lipinski definition) is 1. The predicted octanol–water partition coefficient (Wildman–Crippen LogP) is 4.48. The number of benzene rings is 2. The SMILES string of the molecule is CCOC(=O)/C=C/c1ccc(NC(=O)CCC(=O)c2ccc(C)c(C)c2)cc1. The molecule has 0 bridgehead atoms. The molecule has 28 heavy (non-hydrogen) atoms. The van der Waals surface area contributed by atoms with E-state index in [1.807, 2.05) is 26.0 Å². The first-order valence-corrected chi connectivity index (χ1v) is 9.24. The largest absolute Gasteiger partial charge is 0.463 e. The highest BCUT2D eigenvalue weighted by Gasteiger charge is 2.10. The Labute approximate surface area is 165 Å². The van der Waals surface area contributed by atoms with Gasteiger partial charge < -0.3 is 10.1 Å². The van der Waals surface area contributed by atoms with Gasteiger partial charge in [-0.1, -0.05) is 24.3 Å². The molecular weight excluding hydrogens is 354 g/mol. The summed E-state index contributed by atoms with van der Waals surface area (Å²) in [5.41, 5.74) is 4.28. The lowest BCUT2D eigenvalue weighted by molar-refractivity contribution is -0.137. The van der Waals surface area contributed by atoms with Gasteiger partial charge in [0, 0.05) is 30.2 Å². The number of amides is 1. The van der Waals surface area contributed by atoms with E-state index in [0.29, 0.717) is 17.9 Å². The van der Waals surface area contributed by atoms with Crippen molar-refractivity contribution in [3.63, 3.8) is 0 Å². The minimum Gasteiger partial charge on any atom is -0.463 e. The van der Waals surface area contributed by atoms with Gasteiger partial charge in [-0.2, -0.15) is 0 Å². The van der Waals surface area contributed by atoms with E-state index in [4.69, 9.17) is 4.74 Å². The third-order valence-corrected chi connectivity index (χ3v) is 4.30. The summed E-state index contributed by atoms with van der Waals surface area (Å²) >= 11 is 0. The maximum absolute atomic E-state index is 12.3. The van der Waals surface area contributed by atoms with Crippen LogP contribution in [0.25, 0.3) is 6.08 Å². The first-order chi connectivity index (χ1) is 13.4. The average molecular weight is 379 g/mol. The van der Waals surface area contributed by atoms with Gasteiger partial charge in [0.05, 0.1) is 6.61 Å². The van der Waals surface area contributed by atoms with E-state index in [1.54, 1.807) is 43.3 Å². The Hall–Kier alpha value is -3.21. The minimum absolute atomic E-state index is 0.0438. The van der Waals surface area contributed by atoms with Gasteiger partial charge in [-0.05, 0) is 61.7 Å². The van der Waals surface area contributed by atoms with Crippen LogP contribution in [0.2, 0.25) is 0 Å². The van der Waals surface area contributed by atoms with Crippen molar-refractivity contribution in [2.75, 3.05) is 11.9 Å². The molecule has 0 heterocycles. The molecule has 0 saturated carbocycles. The van der Waals surface area contributed by atoms with Crippen molar-refractivity contribution in [2.45, 2.75) is 33.6 Å². The zero-order valence-electron chi connectivity index (χ0n) is 16.5. The summed E-state index contributed by atoms with van der Waals surface area (Å²) in [5, 5.41) is 2.77. The summed E-state index contributed by atoms with van der Waals surface area (Å²) in [6.07, 6.45) is 3.28. The van der Waals surface area contributed by atoms with Gasteiger partial charge in [0.25, 0.3) is 0 Å². The second-order valence-corrected chi connectivity index (χ2v) is 6.48. The van der Waals surface area contributed by atoms with Gasteiger partial charge in [0.1, 0.15) is 0 Å². The Morgan fingerprint density at radius 2 is 1.68 bits per heavy atom. The molecule has 0 radical (unpaired) electrons. The molecule has 0 atom stereocenters. The fourth-order valence-corrected chi connectivity index (χ4v) is 2.54. The van der Waals surface area contributed by atoms with Crippen molar-refractivity contribution >= 4 is 29.4 Å². The number of carbonyl (C=O) groups excluding carboxylic acids is 3. The fourth-order valence-electron chi connectivity index (χ4n) is 2.54. The van der Waals surface area contributed by atoms with E-state index in [1.165, 1.54) is 6.08 Å². The summed E-state index contributed by atoms with van der Waals surface area (Å²) in [7, 11) is 0. The van der Waals surface area contributed by atoms with Crippen LogP contribution in [-0.2, 0) is 14.3 Å². The molecule has 2 rings (SSSR count). The molecule has 2 aromatic rings. The second kappa shape index (κ2) is 10.2. The summed E-state index contributed by atoms with van der Waals surface area (Å²) in [6.45, 7) is 6.04.